The highest BCUT2D eigenvalue weighted by molar-refractivity contribution is 7.32. The lowest BCUT2D eigenvalue weighted by atomic mass is 9.81. The van der Waals surface area contributed by atoms with E-state index in [4.69, 9.17) is 31.9 Å². The van der Waals surface area contributed by atoms with Crippen LogP contribution in [0.15, 0.2) is 81.2 Å². The number of para-hydroxylation sites is 2. The van der Waals surface area contributed by atoms with Gasteiger partial charge in [0.05, 0.1) is 14.2 Å². The highest BCUT2D eigenvalue weighted by atomic mass is 31.1. The minimum absolute atomic E-state index is 0.321. The Balaban J connectivity index is 1.86. The summed E-state index contributed by atoms with van der Waals surface area (Å²) in [6.07, 6.45) is -0.825. The number of hydrogen-bond donors (Lipinski definition) is 0. The number of benzene rings is 4. The molecule has 0 bridgehead atoms. The topological polar surface area (TPSA) is 89.5 Å². The first kappa shape index (κ1) is 34.8. The van der Waals surface area contributed by atoms with E-state index >= 15 is 0 Å². The molecule has 5 rings (SSSR count). The van der Waals surface area contributed by atoms with E-state index in [2.05, 4.69) is 20.8 Å². The van der Waals surface area contributed by atoms with Crippen LogP contribution in [0.4, 0.5) is 4.79 Å². The predicted octanol–water partition coefficient (Wildman–Crippen LogP) is 11.7. The maximum atomic E-state index is 13.3. The molecule has 0 amide bonds. The molecule has 0 aliphatic heterocycles. The second-order valence-corrected chi connectivity index (χ2v) is 15.7. The summed E-state index contributed by atoms with van der Waals surface area (Å²) in [4.78, 5) is 13.3. The summed E-state index contributed by atoms with van der Waals surface area (Å²) in [5.41, 5.74) is 2.37. The Morgan fingerprint density at radius 1 is 0.625 bits per heavy atom. The monoisotopic (exact) mass is 672 g/mol. The lowest BCUT2D eigenvalue weighted by molar-refractivity contribution is 0.0204. The third kappa shape index (κ3) is 7.60. The van der Waals surface area contributed by atoms with E-state index in [1.54, 1.807) is 35.0 Å². The molecular formula is C39H45O8P. The van der Waals surface area contributed by atoms with Crippen molar-refractivity contribution in [3.05, 3.63) is 83.9 Å². The lowest BCUT2D eigenvalue weighted by Crippen LogP contribution is -2.27. The highest BCUT2D eigenvalue weighted by Gasteiger charge is 2.32. The molecule has 0 aliphatic carbocycles. The summed E-state index contributed by atoms with van der Waals surface area (Å²) >= 11 is 0. The molecule has 1 heterocycles. The highest BCUT2D eigenvalue weighted by Crippen LogP contribution is 2.51. The molecule has 0 saturated heterocycles. The van der Waals surface area contributed by atoms with Crippen LogP contribution in [0, 0.1) is 0 Å². The largest absolute Gasteiger partial charge is 0.514 e. The van der Waals surface area contributed by atoms with Crippen LogP contribution in [-0.4, -0.2) is 26.0 Å². The van der Waals surface area contributed by atoms with E-state index in [1.165, 1.54) is 0 Å². The van der Waals surface area contributed by atoms with Gasteiger partial charge in [-0.3, -0.25) is 0 Å². The van der Waals surface area contributed by atoms with Gasteiger partial charge in [-0.05, 0) is 68.0 Å². The predicted molar refractivity (Wildman–Crippen MR) is 192 cm³/mol. The summed E-state index contributed by atoms with van der Waals surface area (Å²) in [7, 11) is 1.20. The minimum atomic E-state index is -2.02. The van der Waals surface area contributed by atoms with Crippen molar-refractivity contribution < 1.29 is 36.7 Å². The average Bonchev–Trinajstić information content (AvgIpc) is 3.15. The molecule has 0 unspecified atom stereocenters. The number of hydrogen-bond acceptors (Lipinski definition) is 8. The molecule has 48 heavy (non-hydrogen) atoms. The first-order chi connectivity index (χ1) is 22.5. The van der Waals surface area contributed by atoms with Gasteiger partial charge in [0.2, 0.25) is 0 Å². The van der Waals surface area contributed by atoms with Gasteiger partial charge in [-0.25, -0.2) is 4.79 Å². The first-order valence-electron chi connectivity index (χ1n) is 15.9. The SMILES string of the molecule is COc1cc(-c2cc(OC)cc(C(C)(C)C)c2Op2oc3ccccc3c3ccccc3o2)c(OC(=O)OC(C)(C)C)c(C(C)(C)C)c1. The molecule has 5 aromatic rings. The van der Waals surface area contributed by atoms with Crippen LogP contribution in [0.3, 0.4) is 0 Å². The molecule has 0 saturated carbocycles. The van der Waals surface area contributed by atoms with E-state index in [0.717, 1.165) is 21.9 Å². The summed E-state index contributed by atoms with van der Waals surface area (Å²) in [5, 5.41) is 1.81. The maximum Gasteiger partial charge on any atom is 0.514 e. The standard InChI is InChI=1S/C39H45O8P/c1-37(2,3)30-22-24(41-10)20-28(34(30)43-36(40)44-39(7,8)9)29-21-25(42-11)23-31(38(4,5)6)35(29)47-48-45-32-18-14-12-16-26(32)27-17-13-15-19-33(27)46-48/h12-23H,1-11H3. The molecule has 4 aromatic carbocycles. The van der Waals surface area contributed by atoms with Gasteiger partial charge in [0.1, 0.15) is 39.8 Å². The van der Waals surface area contributed by atoms with Crippen LogP contribution in [0.1, 0.15) is 73.4 Å². The van der Waals surface area contributed by atoms with Crippen LogP contribution in [-0.2, 0) is 15.6 Å². The Morgan fingerprint density at radius 3 is 1.50 bits per heavy atom. The molecular weight excluding hydrogens is 627 g/mol. The number of ether oxygens (including phenoxy) is 4. The van der Waals surface area contributed by atoms with Crippen molar-refractivity contribution in [1.29, 1.82) is 0 Å². The number of fused-ring (bicyclic) bond motifs is 3. The van der Waals surface area contributed by atoms with Gasteiger partial charge < -0.3 is 31.9 Å². The van der Waals surface area contributed by atoms with E-state index in [0.29, 0.717) is 45.3 Å². The molecule has 0 N–H and O–H groups in total. The molecule has 9 heteroatoms. The van der Waals surface area contributed by atoms with E-state index in [-0.39, 0.29) is 0 Å². The van der Waals surface area contributed by atoms with Gasteiger partial charge in [0, 0.05) is 33.0 Å². The quantitative estimate of drug-likeness (QED) is 0.130. The Hall–Kier alpha value is -4.55. The van der Waals surface area contributed by atoms with Gasteiger partial charge in [-0.15, -0.1) is 0 Å². The Bertz CT molecular complexity index is 1950. The second-order valence-electron chi connectivity index (χ2n) is 14.7. The molecule has 0 radical (unpaired) electrons. The van der Waals surface area contributed by atoms with E-state index in [9.17, 15) is 4.79 Å². The lowest BCUT2D eigenvalue weighted by Gasteiger charge is -2.28. The molecule has 0 aliphatic rings. The van der Waals surface area contributed by atoms with Crippen molar-refractivity contribution in [3.8, 4) is 34.1 Å². The molecule has 1 aromatic heterocycles. The molecule has 0 atom stereocenters. The fraction of sp³-hybridized carbons (Fsp3) is 0.359. The molecule has 8 nitrogen and oxygen atoms in total. The van der Waals surface area contributed by atoms with Crippen molar-refractivity contribution in [2.75, 3.05) is 14.2 Å². The summed E-state index contributed by atoms with van der Waals surface area (Å²) in [6, 6.07) is 23.1. The van der Waals surface area contributed by atoms with Gasteiger partial charge in [-0.2, -0.15) is 0 Å². The zero-order valence-electron chi connectivity index (χ0n) is 29.6. The van der Waals surface area contributed by atoms with Gasteiger partial charge in [-0.1, -0.05) is 77.9 Å². The third-order valence-corrected chi connectivity index (χ3v) is 8.68. The second kappa shape index (κ2) is 13.2. The number of rotatable bonds is 6. The third-order valence-electron chi connectivity index (χ3n) is 7.65. The van der Waals surface area contributed by atoms with Crippen molar-refractivity contribution >= 4 is 36.3 Å². The summed E-state index contributed by atoms with van der Waals surface area (Å²) in [5.74, 6) is 1.99. The smallest absolute Gasteiger partial charge is 0.497 e. The fourth-order valence-electron chi connectivity index (χ4n) is 5.35. The zero-order valence-corrected chi connectivity index (χ0v) is 30.5. The molecule has 254 valence electrons. The van der Waals surface area contributed by atoms with Crippen LogP contribution >= 0.6 is 8.24 Å². The maximum absolute atomic E-state index is 13.3. The van der Waals surface area contributed by atoms with Crippen LogP contribution in [0.2, 0.25) is 0 Å². The first-order valence-corrected chi connectivity index (χ1v) is 17.0. The number of carbonyl (C=O) groups excluding carboxylic acids is 1. The van der Waals surface area contributed by atoms with Gasteiger partial charge >= 0.3 is 14.4 Å². The normalized spacial score (nSPS) is 12.1. The fourth-order valence-corrected chi connectivity index (χ4v) is 6.44. The minimum Gasteiger partial charge on any atom is -0.497 e. The average molecular weight is 673 g/mol. The van der Waals surface area contributed by atoms with Gasteiger partial charge in [0.15, 0.2) is 0 Å². The Morgan fingerprint density at radius 2 is 1.06 bits per heavy atom. The van der Waals surface area contributed by atoms with E-state index < -0.39 is 30.8 Å². The number of carbonyl (C=O) groups is 1. The Kier molecular flexibility index (Phi) is 9.53. The summed E-state index contributed by atoms with van der Waals surface area (Å²) in [6.45, 7) is 17.8. The Labute approximate surface area is 283 Å². The van der Waals surface area contributed by atoms with Crippen LogP contribution < -0.4 is 18.7 Å². The van der Waals surface area contributed by atoms with Crippen LogP contribution in [0.5, 0.6) is 23.0 Å². The van der Waals surface area contributed by atoms with Gasteiger partial charge in [0.25, 0.3) is 0 Å². The summed E-state index contributed by atoms with van der Waals surface area (Å²) < 4.78 is 43.2. The zero-order chi connectivity index (χ0) is 35.0. The van der Waals surface area contributed by atoms with Crippen molar-refractivity contribution in [2.24, 2.45) is 0 Å². The van der Waals surface area contributed by atoms with Crippen molar-refractivity contribution in [1.82, 2.24) is 0 Å². The molecule has 0 fully saturated rings. The van der Waals surface area contributed by atoms with E-state index in [1.807, 2.05) is 93.6 Å². The van der Waals surface area contributed by atoms with Crippen LogP contribution in [0.25, 0.3) is 33.1 Å². The molecule has 0 spiro atoms. The van der Waals surface area contributed by atoms with Crippen molar-refractivity contribution in [2.45, 2.75) is 78.7 Å². The number of methoxy groups -OCH3 is 2. The van der Waals surface area contributed by atoms with Crippen molar-refractivity contribution in [3.63, 3.8) is 0 Å².